The van der Waals surface area contributed by atoms with Crippen molar-refractivity contribution in [2.75, 3.05) is 18.8 Å². The van der Waals surface area contributed by atoms with Crippen LogP contribution in [0, 0.1) is 22.7 Å². The number of anilines is 1. The molecule has 1 aromatic carbocycles. The summed E-state index contributed by atoms with van der Waals surface area (Å²) in [5.41, 5.74) is 5.69. The van der Waals surface area contributed by atoms with Crippen molar-refractivity contribution in [1.29, 1.82) is 10.5 Å². The maximum Gasteiger partial charge on any atom is 0.247 e. The first-order chi connectivity index (χ1) is 8.84. The molecular formula is C10H8Cl2N4O2S. The van der Waals surface area contributed by atoms with E-state index in [-0.39, 0.29) is 20.6 Å². The van der Waals surface area contributed by atoms with Crippen LogP contribution in [0.2, 0.25) is 10.0 Å². The second-order valence-electron chi connectivity index (χ2n) is 3.40. The number of sulfonamides is 1. The van der Waals surface area contributed by atoms with E-state index < -0.39 is 23.1 Å². The first-order valence-electron chi connectivity index (χ1n) is 4.83. The number of halogens is 2. The van der Waals surface area contributed by atoms with Gasteiger partial charge in [-0.1, -0.05) is 23.2 Å². The Morgan fingerprint density at radius 2 is 1.58 bits per heavy atom. The van der Waals surface area contributed by atoms with Gasteiger partial charge in [0.15, 0.2) is 0 Å². The molecule has 0 aromatic heterocycles. The summed E-state index contributed by atoms with van der Waals surface area (Å²) in [6.45, 7) is -0.958. The molecule has 0 bridgehead atoms. The molecule has 1 rings (SSSR count). The van der Waals surface area contributed by atoms with Crippen LogP contribution in [0.15, 0.2) is 17.0 Å². The predicted octanol–water partition coefficient (Wildman–Crippen LogP) is 1.61. The molecule has 0 aliphatic carbocycles. The van der Waals surface area contributed by atoms with Crippen LogP contribution in [-0.2, 0) is 10.0 Å². The number of hydrogen-bond donors (Lipinski definition) is 1. The van der Waals surface area contributed by atoms with Gasteiger partial charge in [-0.25, -0.2) is 8.42 Å². The minimum atomic E-state index is -4.13. The fourth-order valence-electron chi connectivity index (χ4n) is 1.34. The number of nitrogen functional groups attached to an aromatic ring is 1. The fraction of sp³-hybridized carbons (Fsp3) is 0.200. The van der Waals surface area contributed by atoms with Gasteiger partial charge in [-0.05, 0) is 12.1 Å². The summed E-state index contributed by atoms with van der Waals surface area (Å²) in [6, 6.07) is 5.79. The van der Waals surface area contributed by atoms with Crippen LogP contribution in [0.25, 0.3) is 0 Å². The first kappa shape index (κ1) is 15.5. The van der Waals surface area contributed by atoms with Crippen LogP contribution in [0.3, 0.4) is 0 Å². The summed E-state index contributed by atoms with van der Waals surface area (Å²) in [5, 5.41) is 16.9. The fourth-order valence-corrected chi connectivity index (χ4v) is 3.75. The average molecular weight is 319 g/mol. The van der Waals surface area contributed by atoms with Crippen LogP contribution in [-0.4, -0.2) is 25.8 Å². The van der Waals surface area contributed by atoms with Crippen molar-refractivity contribution in [3.05, 3.63) is 22.2 Å². The lowest BCUT2D eigenvalue weighted by Crippen LogP contribution is -2.32. The maximum atomic E-state index is 12.3. The molecule has 100 valence electrons. The molecule has 0 spiro atoms. The van der Waals surface area contributed by atoms with E-state index in [0.717, 1.165) is 0 Å². The molecule has 6 nitrogen and oxygen atoms in total. The molecule has 2 N–H and O–H groups in total. The van der Waals surface area contributed by atoms with Gasteiger partial charge in [-0.3, -0.25) is 0 Å². The van der Waals surface area contributed by atoms with Gasteiger partial charge in [-0.2, -0.15) is 14.8 Å². The Bertz CT molecular complexity index is 637. The minimum absolute atomic E-state index is 0.161. The number of benzene rings is 1. The molecule has 0 atom stereocenters. The molecule has 9 heteroatoms. The molecule has 0 unspecified atom stereocenters. The van der Waals surface area contributed by atoms with Gasteiger partial charge in [0.25, 0.3) is 0 Å². The second kappa shape index (κ2) is 6.09. The Morgan fingerprint density at radius 3 is 1.95 bits per heavy atom. The topological polar surface area (TPSA) is 111 Å². The highest BCUT2D eigenvalue weighted by molar-refractivity contribution is 7.89. The van der Waals surface area contributed by atoms with E-state index in [2.05, 4.69) is 0 Å². The van der Waals surface area contributed by atoms with Crippen molar-refractivity contribution >= 4 is 38.9 Å². The third kappa shape index (κ3) is 3.28. The maximum absolute atomic E-state index is 12.3. The highest BCUT2D eigenvalue weighted by Crippen LogP contribution is 2.33. The van der Waals surface area contributed by atoms with E-state index in [1.807, 2.05) is 0 Å². The zero-order chi connectivity index (χ0) is 14.6. The summed E-state index contributed by atoms with van der Waals surface area (Å²) >= 11 is 11.7. The smallest absolute Gasteiger partial charge is 0.247 e. The normalized spacial score (nSPS) is 11.0. The van der Waals surface area contributed by atoms with E-state index >= 15 is 0 Å². The molecule has 0 saturated heterocycles. The summed E-state index contributed by atoms with van der Waals surface area (Å²) in [5.74, 6) is 0. The van der Waals surface area contributed by atoms with Crippen molar-refractivity contribution < 1.29 is 8.42 Å². The molecule has 0 fully saturated rings. The highest BCUT2D eigenvalue weighted by atomic mass is 35.5. The zero-order valence-electron chi connectivity index (χ0n) is 9.47. The Labute approximate surface area is 120 Å². The van der Waals surface area contributed by atoms with Crippen molar-refractivity contribution in [2.24, 2.45) is 0 Å². The van der Waals surface area contributed by atoms with Gasteiger partial charge in [0.1, 0.15) is 18.0 Å². The van der Waals surface area contributed by atoms with Gasteiger partial charge < -0.3 is 5.73 Å². The van der Waals surface area contributed by atoms with E-state index in [9.17, 15) is 8.42 Å². The first-order valence-corrected chi connectivity index (χ1v) is 7.02. The Hall–Kier alpha value is -1.51. The van der Waals surface area contributed by atoms with E-state index in [4.69, 9.17) is 39.5 Å². The van der Waals surface area contributed by atoms with Gasteiger partial charge >= 0.3 is 0 Å². The lowest BCUT2D eigenvalue weighted by molar-refractivity contribution is 0.479. The second-order valence-corrected chi connectivity index (χ2v) is 6.09. The van der Waals surface area contributed by atoms with E-state index in [1.54, 1.807) is 12.1 Å². The minimum Gasteiger partial charge on any atom is -0.399 e. The Kier molecular flexibility index (Phi) is 4.98. The van der Waals surface area contributed by atoms with Crippen molar-refractivity contribution in [3.63, 3.8) is 0 Å². The van der Waals surface area contributed by atoms with Crippen LogP contribution in [0.4, 0.5) is 5.69 Å². The zero-order valence-corrected chi connectivity index (χ0v) is 11.8. The number of nitrogens with two attached hydrogens (primary N) is 1. The summed E-state index contributed by atoms with van der Waals surface area (Å²) in [7, 11) is -4.13. The van der Waals surface area contributed by atoms with Crippen molar-refractivity contribution in [1.82, 2.24) is 4.31 Å². The standard InChI is InChI=1S/C10H8Cl2N4O2S/c11-8-5-7(15)6-9(12)10(8)19(17,18)16(3-1-13)4-2-14/h5-6H,3-4,15H2. The highest BCUT2D eigenvalue weighted by Gasteiger charge is 2.29. The van der Waals surface area contributed by atoms with Gasteiger partial charge in [0.05, 0.1) is 22.2 Å². The molecule has 0 saturated carbocycles. The lowest BCUT2D eigenvalue weighted by atomic mass is 10.3. The molecule has 0 amide bonds. The molecule has 0 aliphatic heterocycles. The largest absolute Gasteiger partial charge is 0.399 e. The van der Waals surface area contributed by atoms with Gasteiger partial charge in [0.2, 0.25) is 10.0 Å². The number of nitriles is 2. The average Bonchev–Trinajstić information content (AvgIpc) is 2.26. The van der Waals surface area contributed by atoms with Crippen LogP contribution < -0.4 is 5.73 Å². The predicted molar refractivity (Wildman–Crippen MR) is 70.9 cm³/mol. The van der Waals surface area contributed by atoms with Crippen LogP contribution in [0.1, 0.15) is 0 Å². The summed E-state index contributed by atoms with van der Waals surface area (Å²) in [4.78, 5) is -0.365. The third-order valence-corrected chi connectivity index (χ3v) is 4.83. The number of nitrogens with zero attached hydrogens (tertiary/aromatic N) is 3. The SMILES string of the molecule is N#CCN(CC#N)S(=O)(=O)c1c(Cl)cc(N)cc1Cl. The van der Waals surface area contributed by atoms with Gasteiger partial charge in [0, 0.05) is 5.69 Å². The summed E-state index contributed by atoms with van der Waals surface area (Å²) < 4.78 is 25.2. The molecule has 0 heterocycles. The molecule has 0 radical (unpaired) electrons. The Morgan fingerprint density at radius 1 is 1.16 bits per heavy atom. The number of rotatable bonds is 4. The van der Waals surface area contributed by atoms with Crippen molar-refractivity contribution in [3.8, 4) is 12.1 Å². The summed E-state index contributed by atoms with van der Waals surface area (Å²) in [6.07, 6.45) is 0. The number of hydrogen-bond acceptors (Lipinski definition) is 5. The quantitative estimate of drug-likeness (QED) is 0.669. The molecule has 1 aromatic rings. The Balaban J connectivity index is 3.43. The molecule has 19 heavy (non-hydrogen) atoms. The molecular weight excluding hydrogens is 311 g/mol. The monoisotopic (exact) mass is 318 g/mol. The lowest BCUT2D eigenvalue weighted by Gasteiger charge is -2.18. The van der Waals surface area contributed by atoms with Gasteiger partial charge in [-0.15, -0.1) is 0 Å². The van der Waals surface area contributed by atoms with Crippen molar-refractivity contribution in [2.45, 2.75) is 4.90 Å². The van der Waals surface area contributed by atoms with Crippen LogP contribution in [0.5, 0.6) is 0 Å². The van der Waals surface area contributed by atoms with Crippen LogP contribution >= 0.6 is 23.2 Å². The van der Waals surface area contributed by atoms with E-state index in [0.29, 0.717) is 4.31 Å². The van der Waals surface area contributed by atoms with E-state index in [1.165, 1.54) is 12.1 Å². The third-order valence-electron chi connectivity index (χ3n) is 2.11. The molecule has 0 aliphatic rings.